The van der Waals surface area contributed by atoms with Crippen molar-refractivity contribution in [2.45, 2.75) is 19.8 Å². The summed E-state index contributed by atoms with van der Waals surface area (Å²) in [5.41, 5.74) is 2.90. The minimum atomic E-state index is 0.119. The molecule has 5 heteroatoms. The minimum absolute atomic E-state index is 0.119. The normalized spacial score (nSPS) is 14.5. The number of carbonyl (C=O) groups excluding carboxylic acids is 1. The Morgan fingerprint density at radius 3 is 2.95 bits per heavy atom. The van der Waals surface area contributed by atoms with Gasteiger partial charge in [-0.15, -0.1) is 0 Å². The van der Waals surface area contributed by atoms with E-state index < -0.39 is 0 Å². The highest BCUT2D eigenvalue weighted by Crippen LogP contribution is 2.32. The summed E-state index contributed by atoms with van der Waals surface area (Å²) in [5, 5.41) is 3.06. The SMILES string of the molecule is Cc1ccc(-n2ccn3ccnc23)c(NC(=O)C2CC2)c1. The Morgan fingerprint density at radius 2 is 2.14 bits per heavy atom. The van der Waals surface area contributed by atoms with Crippen molar-refractivity contribution in [2.75, 3.05) is 5.32 Å². The molecule has 4 rings (SSSR count). The van der Waals surface area contributed by atoms with Crippen LogP contribution < -0.4 is 5.32 Å². The first-order valence-corrected chi connectivity index (χ1v) is 7.14. The molecule has 0 bridgehead atoms. The second kappa shape index (κ2) is 4.48. The van der Waals surface area contributed by atoms with Crippen LogP contribution >= 0.6 is 0 Å². The molecule has 1 aliphatic rings. The molecule has 1 saturated carbocycles. The number of hydrogen-bond donors (Lipinski definition) is 1. The molecule has 1 fully saturated rings. The highest BCUT2D eigenvalue weighted by molar-refractivity contribution is 5.96. The molecule has 106 valence electrons. The van der Waals surface area contributed by atoms with Crippen molar-refractivity contribution in [3.8, 4) is 5.69 Å². The van der Waals surface area contributed by atoms with Gasteiger partial charge in [0.2, 0.25) is 11.7 Å². The molecular formula is C16H16N4O. The molecule has 0 unspecified atom stereocenters. The zero-order valence-corrected chi connectivity index (χ0v) is 11.8. The van der Waals surface area contributed by atoms with Gasteiger partial charge >= 0.3 is 0 Å². The van der Waals surface area contributed by atoms with Crippen LogP contribution in [0, 0.1) is 12.8 Å². The highest BCUT2D eigenvalue weighted by atomic mass is 16.2. The zero-order valence-electron chi connectivity index (χ0n) is 11.8. The summed E-state index contributed by atoms with van der Waals surface area (Å²) in [5.74, 6) is 1.14. The van der Waals surface area contributed by atoms with E-state index in [1.54, 1.807) is 6.20 Å². The summed E-state index contributed by atoms with van der Waals surface area (Å²) in [7, 11) is 0. The summed E-state index contributed by atoms with van der Waals surface area (Å²) in [6.45, 7) is 2.03. The number of benzene rings is 1. The fourth-order valence-electron chi connectivity index (χ4n) is 2.54. The number of fused-ring (bicyclic) bond motifs is 1. The van der Waals surface area contributed by atoms with Crippen molar-refractivity contribution in [1.82, 2.24) is 14.0 Å². The second-order valence-electron chi connectivity index (χ2n) is 5.59. The van der Waals surface area contributed by atoms with Crippen LogP contribution in [0.15, 0.2) is 43.0 Å². The molecule has 1 amide bonds. The van der Waals surface area contributed by atoms with E-state index in [2.05, 4.69) is 10.3 Å². The van der Waals surface area contributed by atoms with Gasteiger partial charge < -0.3 is 5.32 Å². The second-order valence-corrected chi connectivity index (χ2v) is 5.59. The van der Waals surface area contributed by atoms with Gasteiger partial charge in [-0.3, -0.25) is 13.8 Å². The lowest BCUT2D eigenvalue weighted by atomic mass is 10.2. The fourth-order valence-corrected chi connectivity index (χ4v) is 2.54. The molecule has 21 heavy (non-hydrogen) atoms. The van der Waals surface area contributed by atoms with Crippen LogP contribution in [0.25, 0.3) is 11.5 Å². The van der Waals surface area contributed by atoms with Crippen molar-refractivity contribution >= 4 is 17.4 Å². The van der Waals surface area contributed by atoms with Crippen molar-refractivity contribution in [3.63, 3.8) is 0 Å². The Hall–Kier alpha value is -2.56. The van der Waals surface area contributed by atoms with E-state index >= 15 is 0 Å². The molecule has 0 radical (unpaired) electrons. The maximum absolute atomic E-state index is 12.1. The van der Waals surface area contributed by atoms with Gasteiger partial charge in [-0.1, -0.05) is 6.07 Å². The number of hydrogen-bond acceptors (Lipinski definition) is 2. The predicted molar refractivity (Wildman–Crippen MR) is 80.6 cm³/mol. The topological polar surface area (TPSA) is 51.3 Å². The molecule has 0 saturated heterocycles. The maximum atomic E-state index is 12.1. The van der Waals surface area contributed by atoms with E-state index in [9.17, 15) is 4.79 Å². The van der Waals surface area contributed by atoms with Gasteiger partial charge in [0.25, 0.3) is 0 Å². The molecule has 1 N–H and O–H groups in total. The zero-order chi connectivity index (χ0) is 14.4. The van der Waals surface area contributed by atoms with E-state index in [-0.39, 0.29) is 11.8 Å². The number of anilines is 1. The lowest BCUT2D eigenvalue weighted by Crippen LogP contribution is -2.15. The van der Waals surface area contributed by atoms with E-state index in [4.69, 9.17) is 0 Å². The Balaban J connectivity index is 1.80. The molecule has 1 aromatic carbocycles. The Labute approximate surface area is 122 Å². The summed E-state index contributed by atoms with van der Waals surface area (Å²) < 4.78 is 3.94. The highest BCUT2D eigenvalue weighted by Gasteiger charge is 2.30. The molecule has 0 aliphatic heterocycles. The van der Waals surface area contributed by atoms with Crippen LogP contribution in [0.5, 0.6) is 0 Å². The molecule has 1 aliphatic carbocycles. The summed E-state index contributed by atoms with van der Waals surface area (Å²) in [6.07, 6.45) is 9.58. The minimum Gasteiger partial charge on any atom is -0.324 e. The summed E-state index contributed by atoms with van der Waals surface area (Å²) in [6, 6.07) is 6.07. The predicted octanol–water partition coefficient (Wildman–Crippen LogP) is 2.78. The van der Waals surface area contributed by atoms with E-state index in [0.29, 0.717) is 0 Å². The number of nitrogens with zero attached hydrogens (tertiary/aromatic N) is 3. The van der Waals surface area contributed by atoms with Crippen LogP contribution in [0.2, 0.25) is 0 Å². The number of carbonyl (C=O) groups is 1. The van der Waals surface area contributed by atoms with Gasteiger partial charge in [0, 0.05) is 30.7 Å². The van der Waals surface area contributed by atoms with Crippen LogP contribution in [-0.2, 0) is 4.79 Å². The van der Waals surface area contributed by atoms with Crippen molar-refractivity contribution < 1.29 is 4.79 Å². The number of nitrogens with one attached hydrogen (secondary N) is 1. The van der Waals surface area contributed by atoms with Gasteiger partial charge in [-0.2, -0.15) is 0 Å². The third-order valence-electron chi connectivity index (χ3n) is 3.86. The monoisotopic (exact) mass is 280 g/mol. The van der Waals surface area contributed by atoms with Crippen molar-refractivity contribution in [3.05, 3.63) is 48.5 Å². The maximum Gasteiger partial charge on any atom is 0.227 e. The van der Waals surface area contributed by atoms with Crippen molar-refractivity contribution in [1.29, 1.82) is 0 Å². The lowest BCUT2D eigenvalue weighted by molar-refractivity contribution is -0.117. The first-order chi connectivity index (χ1) is 10.2. The number of aryl methyl sites for hydroxylation is 1. The van der Waals surface area contributed by atoms with E-state index in [0.717, 1.165) is 35.6 Å². The number of aromatic nitrogens is 3. The largest absolute Gasteiger partial charge is 0.324 e. The number of rotatable bonds is 3. The third-order valence-corrected chi connectivity index (χ3v) is 3.86. The van der Waals surface area contributed by atoms with E-state index in [1.807, 2.05) is 52.7 Å². The average molecular weight is 280 g/mol. The Morgan fingerprint density at radius 1 is 1.29 bits per heavy atom. The van der Waals surface area contributed by atoms with Crippen LogP contribution in [0.3, 0.4) is 0 Å². The molecule has 5 nitrogen and oxygen atoms in total. The van der Waals surface area contributed by atoms with Crippen LogP contribution in [-0.4, -0.2) is 19.9 Å². The van der Waals surface area contributed by atoms with Gasteiger partial charge in [0.1, 0.15) is 0 Å². The molecular weight excluding hydrogens is 264 g/mol. The summed E-state index contributed by atoms with van der Waals surface area (Å²) in [4.78, 5) is 16.4. The van der Waals surface area contributed by atoms with Gasteiger partial charge in [0.05, 0.1) is 11.4 Å². The molecule has 2 heterocycles. The lowest BCUT2D eigenvalue weighted by Gasteiger charge is -2.13. The first-order valence-electron chi connectivity index (χ1n) is 7.14. The average Bonchev–Trinajstić information content (AvgIpc) is 3.08. The van der Waals surface area contributed by atoms with Gasteiger partial charge in [-0.05, 0) is 37.5 Å². The third kappa shape index (κ3) is 2.11. The first kappa shape index (κ1) is 12.2. The summed E-state index contributed by atoms with van der Waals surface area (Å²) >= 11 is 0. The van der Waals surface area contributed by atoms with Crippen LogP contribution in [0.1, 0.15) is 18.4 Å². The molecule has 2 aromatic heterocycles. The quantitative estimate of drug-likeness (QED) is 0.802. The Bertz CT molecular complexity index is 826. The smallest absolute Gasteiger partial charge is 0.227 e. The Kier molecular flexibility index (Phi) is 2.60. The molecule has 0 spiro atoms. The number of amides is 1. The standard InChI is InChI=1S/C16H16N4O/c1-11-2-5-14(13(10-11)18-15(21)12-3-4-12)20-9-8-19-7-6-17-16(19)20/h2,5-10,12H,3-4H2,1H3,(H,18,21). The van der Waals surface area contributed by atoms with Crippen LogP contribution in [0.4, 0.5) is 5.69 Å². The van der Waals surface area contributed by atoms with Gasteiger partial charge in [-0.25, -0.2) is 4.98 Å². The fraction of sp³-hybridized carbons (Fsp3) is 0.250. The molecule has 3 aromatic rings. The van der Waals surface area contributed by atoms with Gasteiger partial charge in [0.15, 0.2) is 0 Å². The molecule has 0 atom stereocenters. The number of imidazole rings is 2. The van der Waals surface area contributed by atoms with E-state index in [1.165, 1.54) is 0 Å². The van der Waals surface area contributed by atoms with Crippen molar-refractivity contribution in [2.24, 2.45) is 5.92 Å².